The lowest BCUT2D eigenvalue weighted by Gasteiger charge is -2.33. The monoisotopic (exact) mass is 448 g/mol. The van der Waals surface area contributed by atoms with Gasteiger partial charge < -0.3 is 19.7 Å². The van der Waals surface area contributed by atoms with E-state index in [1.54, 1.807) is 29.2 Å². The van der Waals surface area contributed by atoms with Crippen molar-refractivity contribution >= 4 is 34.9 Å². The summed E-state index contributed by atoms with van der Waals surface area (Å²) in [5.74, 6) is 0.789. The number of rotatable bonds is 5. The average molecular weight is 449 g/mol. The van der Waals surface area contributed by atoms with Crippen molar-refractivity contribution in [2.45, 2.75) is 45.3 Å². The maximum Gasteiger partial charge on any atom is 0.410 e. The smallest absolute Gasteiger partial charge is 0.410 e. The summed E-state index contributed by atoms with van der Waals surface area (Å²) in [5.41, 5.74) is -0.0862. The van der Waals surface area contributed by atoms with Crippen molar-refractivity contribution in [3.8, 4) is 5.75 Å². The van der Waals surface area contributed by atoms with Crippen LogP contribution in [0.25, 0.3) is 0 Å². The van der Waals surface area contributed by atoms with Crippen molar-refractivity contribution < 1.29 is 19.2 Å². The second-order valence-electron chi connectivity index (χ2n) is 8.21. The topological polar surface area (TPSA) is 107 Å². The van der Waals surface area contributed by atoms with Gasteiger partial charge in [0.2, 0.25) is 5.82 Å². The Hall–Kier alpha value is -3.07. The van der Waals surface area contributed by atoms with Gasteiger partial charge in [0.25, 0.3) is 0 Å². The Morgan fingerprint density at radius 2 is 1.90 bits per heavy atom. The number of hydrogen-bond acceptors (Lipinski definition) is 7. The summed E-state index contributed by atoms with van der Waals surface area (Å²) in [6.07, 6.45) is 2.46. The van der Waals surface area contributed by atoms with Crippen LogP contribution >= 0.6 is 11.6 Å². The molecule has 1 fully saturated rings. The van der Waals surface area contributed by atoms with E-state index in [2.05, 4.69) is 10.3 Å². The number of aromatic nitrogens is 1. The van der Waals surface area contributed by atoms with E-state index in [1.807, 2.05) is 20.8 Å². The third kappa shape index (κ3) is 6.45. The van der Waals surface area contributed by atoms with Gasteiger partial charge in [0.05, 0.1) is 9.95 Å². The van der Waals surface area contributed by atoms with Crippen LogP contribution in [0.1, 0.15) is 33.6 Å². The highest BCUT2D eigenvalue weighted by molar-refractivity contribution is 6.30. The fraction of sp³-hybridized carbons (Fsp3) is 0.429. The molecule has 1 aromatic carbocycles. The number of likely N-dealkylation sites (tertiary alicyclic amines) is 1. The predicted molar refractivity (Wildman–Crippen MR) is 117 cm³/mol. The number of ether oxygens (including phenoxy) is 2. The van der Waals surface area contributed by atoms with Crippen molar-refractivity contribution in [1.82, 2.24) is 9.88 Å². The lowest BCUT2D eigenvalue weighted by Crippen LogP contribution is -2.44. The van der Waals surface area contributed by atoms with Gasteiger partial charge in [0.15, 0.2) is 0 Å². The van der Waals surface area contributed by atoms with Gasteiger partial charge in [-0.05, 0) is 45.0 Å². The molecule has 0 radical (unpaired) electrons. The second-order valence-corrected chi connectivity index (χ2v) is 8.65. The minimum absolute atomic E-state index is 0.00323. The van der Waals surface area contributed by atoms with E-state index in [1.165, 1.54) is 12.3 Å². The summed E-state index contributed by atoms with van der Waals surface area (Å²) >= 11 is 5.79. The van der Waals surface area contributed by atoms with Crippen LogP contribution in [0.2, 0.25) is 5.02 Å². The van der Waals surface area contributed by atoms with Crippen LogP contribution < -0.4 is 10.1 Å². The molecule has 0 saturated carbocycles. The zero-order valence-electron chi connectivity index (χ0n) is 17.6. The van der Waals surface area contributed by atoms with Crippen LogP contribution in [-0.2, 0) is 4.74 Å². The molecule has 1 amide bonds. The van der Waals surface area contributed by atoms with E-state index >= 15 is 0 Å². The fourth-order valence-electron chi connectivity index (χ4n) is 3.09. The Kier molecular flexibility index (Phi) is 6.84. The standard InChI is InChI=1S/C21H25ClN4O5/c1-21(2,3)31-20(27)25-10-8-17(9-11-25)30-16-6-4-15(5-7-16)24-19-18(26(28)29)12-14(22)13-23-19/h4-7,12-13,17H,8-11H2,1-3H3,(H,23,24). The van der Waals surface area contributed by atoms with Crippen LogP contribution in [0.5, 0.6) is 5.75 Å². The molecule has 0 atom stereocenters. The molecule has 1 N–H and O–H groups in total. The molecule has 1 saturated heterocycles. The quantitative estimate of drug-likeness (QED) is 0.496. The summed E-state index contributed by atoms with van der Waals surface area (Å²) < 4.78 is 11.4. The molecule has 0 aliphatic carbocycles. The molecule has 1 aliphatic rings. The Bertz CT molecular complexity index is 938. The van der Waals surface area contributed by atoms with E-state index in [9.17, 15) is 14.9 Å². The van der Waals surface area contributed by atoms with Gasteiger partial charge in [-0.2, -0.15) is 0 Å². The van der Waals surface area contributed by atoms with Gasteiger partial charge in [-0.15, -0.1) is 0 Å². The largest absolute Gasteiger partial charge is 0.490 e. The lowest BCUT2D eigenvalue weighted by atomic mass is 10.1. The number of amides is 1. The number of nitro groups is 1. The first-order valence-electron chi connectivity index (χ1n) is 9.92. The SMILES string of the molecule is CC(C)(C)OC(=O)N1CCC(Oc2ccc(Nc3ncc(Cl)cc3[N+](=O)[O-])cc2)CC1. The Morgan fingerprint density at radius 3 is 2.48 bits per heavy atom. The molecule has 166 valence electrons. The van der Waals surface area contributed by atoms with Gasteiger partial charge in [0, 0.05) is 43.9 Å². The highest BCUT2D eigenvalue weighted by Gasteiger charge is 2.27. The normalized spacial score (nSPS) is 14.8. The average Bonchev–Trinajstić information content (AvgIpc) is 2.70. The molecule has 2 heterocycles. The van der Waals surface area contributed by atoms with Crippen molar-refractivity contribution in [3.05, 3.63) is 51.7 Å². The molecule has 0 spiro atoms. The third-order valence-electron chi connectivity index (χ3n) is 4.54. The zero-order chi connectivity index (χ0) is 22.6. The lowest BCUT2D eigenvalue weighted by molar-refractivity contribution is -0.384. The maximum atomic E-state index is 12.2. The number of benzene rings is 1. The molecule has 9 nitrogen and oxygen atoms in total. The number of carbonyl (C=O) groups excluding carboxylic acids is 1. The van der Waals surface area contributed by atoms with E-state index in [-0.39, 0.29) is 28.7 Å². The number of pyridine rings is 1. The van der Waals surface area contributed by atoms with Crippen LogP contribution in [0, 0.1) is 10.1 Å². The summed E-state index contributed by atoms with van der Waals surface area (Å²) in [5, 5.41) is 14.3. The number of hydrogen-bond donors (Lipinski definition) is 1. The van der Waals surface area contributed by atoms with E-state index in [0.29, 0.717) is 37.4 Å². The van der Waals surface area contributed by atoms with Crippen LogP contribution in [-0.4, -0.2) is 45.7 Å². The van der Waals surface area contributed by atoms with E-state index in [0.717, 1.165) is 0 Å². The van der Waals surface area contributed by atoms with Crippen molar-refractivity contribution in [1.29, 1.82) is 0 Å². The zero-order valence-corrected chi connectivity index (χ0v) is 18.4. The van der Waals surface area contributed by atoms with Crippen LogP contribution in [0.4, 0.5) is 22.0 Å². The van der Waals surface area contributed by atoms with Gasteiger partial charge in [0.1, 0.15) is 17.5 Å². The number of piperidine rings is 1. The molecule has 0 bridgehead atoms. The first-order chi connectivity index (χ1) is 14.6. The highest BCUT2D eigenvalue weighted by atomic mass is 35.5. The highest BCUT2D eigenvalue weighted by Crippen LogP contribution is 2.29. The molecule has 1 aromatic heterocycles. The summed E-state index contributed by atoms with van der Waals surface area (Å²) in [4.78, 5) is 28.5. The molecular weight excluding hydrogens is 424 g/mol. The maximum absolute atomic E-state index is 12.2. The minimum atomic E-state index is -0.539. The summed E-state index contributed by atoms with van der Waals surface area (Å²) in [7, 11) is 0. The van der Waals surface area contributed by atoms with Crippen molar-refractivity contribution in [2.24, 2.45) is 0 Å². The molecule has 10 heteroatoms. The first kappa shape index (κ1) is 22.6. The molecule has 3 rings (SSSR count). The van der Waals surface area contributed by atoms with Crippen LogP contribution in [0.15, 0.2) is 36.5 Å². The van der Waals surface area contributed by atoms with E-state index in [4.69, 9.17) is 21.1 Å². The second kappa shape index (κ2) is 9.38. The van der Waals surface area contributed by atoms with Crippen molar-refractivity contribution in [2.75, 3.05) is 18.4 Å². The predicted octanol–water partition coefficient (Wildman–Crippen LogP) is 5.17. The number of halogens is 1. The third-order valence-corrected chi connectivity index (χ3v) is 4.75. The summed E-state index contributed by atoms with van der Waals surface area (Å²) in [6, 6.07) is 8.32. The number of nitrogens with zero attached hydrogens (tertiary/aromatic N) is 3. The Labute approximate surface area is 185 Å². The number of nitrogens with one attached hydrogen (secondary N) is 1. The molecule has 1 aliphatic heterocycles. The van der Waals surface area contributed by atoms with Gasteiger partial charge in [-0.25, -0.2) is 9.78 Å². The number of anilines is 2. The fourth-order valence-corrected chi connectivity index (χ4v) is 3.24. The van der Waals surface area contributed by atoms with E-state index < -0.39 is 10.5 Å². The van der Waals surface area contributed by atoms with Gasteiger partial charge in [-0.1, -0.05) is 11.6 Å². The molecule has 31 heavy (non-hydrogen) atoms. The van der Waals surface area contributed by atoms with Crippen molar-refractivity contribution in [3.63, 3.8) is 0 Å². The molecule has 2 aromatic rings. The molecule has 0 unspecified atom stereocenters. The van der Waals surface area contributed by atoms with Gasteiger partial charge in [-0.3, -0.25) is 10.1 Å². The Balaban J connectivity index is 1.54. The molecular formula is C21H25ClN4O5. The van der Waals surface area contributed by atoms with Gasteiger partial charge >= 0.3 is 11.8 Å². The number of carbonyl (C=O) groups is 1. The minimum Gasteiger partial charge on any atom is -0.490 e. The summed E-state index contributed by atoms with van der Waals surface area (Å²) in [6.45, 7) is 6.69. The van der Waals surface area contributed by atoms with Crippen LogP contribution in [0.3, 0.4) is 0 Å². The Morgan fingerprint density at radius 1 is 1.26 bits per heavy atom. The first-order valence-corrected chi connectivity index (χ1v) is 10.3.